The molecule has 0 fully saturated rings. The zero-order valence-electron chi connectivity index (χ0n) is 16.8. The predicted molar refractivity (Wildman–Crippen MR) is 125 cm³/mol. The molecule has 0 aliphatic carbocycles. The smallest absolute Gasteiger partial charge is 0.191 e. The Kier molecular flexibility index (Phi) is 6.26. The van der Waals surface area contributed by atoms with E-state index in [2.05, 4.69) is 60.6 Å². The van der Waals surface area contributed by atoms with Crippen molar-refractivity contribution in [2.45, 2.75) is 45.6 Å². The summed E-state index contributed by atoms with van der Waals surface area (Å²) in [5.74, 6) is 0.464. The average Bonchev–Trinajstić information content (AvgIpc) is 2.63. The summed E-state index contributed by atoms with van der Waals surface area (Å²) in [4.78, 5) is 2.44. The van der Waals surface area contributed by atoms with E-state index in [1.807, 2.05) is 30.3 Å². The van der Waals surface area contributed by atoms with Crippen LogP contribution in [0.2, 0.25) is 5.02 Å². The quantitative estimate of drug-likeness (QED) is 0.378. The number of hydrazone groups is 1. The molecule has 0 amide bonds. The largest absolute Gasteiger partial charge is 0.366 e. The number of para-hydroxylation sites is 1. The first kappa shape index (κ1) is 20.6. The molecule has 6 heteroatoms. The number of hydrogen-bond acceptors (Lipinski definition) is 3. The molecule has 0 saturated heterocycles. The molecule has 1 atom stereocenters. The molecule has 28 heavy (non-hydrogen) atoms. The molecule has 1 unspecified atom stereocenters. The van der Waals surface area contributed by atoms with Crippen LogP contribution >= 0.6 is 23.8 Å². The van der Waals surface area contributed by atoms with Crippen molar-refractivity contribution in [2.24, 2.45) is 5.10 Å². The van der Waals surface area contributed by atoms with Crippen LogP contribution in [0, 0.1) is 0 Å². The monoisotopic (exact) mass is 414 g/mol. The SMILES string of the molecule is CCN1c2cc(Cl)c(/C=N/NC(=S)Nc3ccccc3)cc2C(C)CC1(C)C. The Labute approximate surface area is 178 Å². The number of nitrogens with zero attached hydrogens (tertiary/aromatic N) is 2. The summed E-state index contributed by atoms with van der Waals surface area (Å²) in [6, 6.07) is 14.0. The molecule has 0 radical (unpaired) electrons. The number of fused-ring (bicyclic) bond motifs is 1. The molecule has 2 N–H and O–H groups in total. The Morgan fingerprint density at radius 2 is 2.04 bits per heavy atom. The van der Waals surface area contributed by atoms with Crippen molar-refractivity contribution < 1.29 is 0 Å². The van der Waals surface area contributed by atoms with E-state index < -0.39 is 0 Å². The Morgan fingerprint density at radius 3 is 2.71 bits per heavy atom. The lowest BCUT2D eigenvalue weighted by atomic mass is 9.79. The molecular formula is C22H27ClN4S. The third-order valence-corrected chi connectivity index (χ3v) is 5.74. The molecule has 3 rings (SSSR count). The fraction of sp³-hybridized carbons (Fsp3) is 0.364. The lowest BCUT2D eigenvalue weighted by Crippen LogP contribution is -2.48. The van der Waals surface area contributed by atoms with Crippen molar-refractivity contribution in [2.75, 3.05) is 16.8 Å². The van der Waals surface area contributed by atoms with Gasteiger partial charge in [0.05, 0.1) is 11.2 Å². The summed E-state index contributed by atoms with van der Waals surface area (Å²) in [5, 5.41) is 8.48. The number of thiocarbonyl (C=S) groups is 1. The van der Waals surface area contributed by atoms with E-state index in [1.54, 1.807) is 6.21 Å². The standard InChI is InChI=1S/C22H27ClN4S/c1-5-27-20-12-19(23)16(11-18(20)15(2)13-22(27,3)4)14-24-26-21(28)25-17-9-7-6-8-10-17/h6-12,14-15H,5,13H2,1-4H3,(H2,25,26,28)/b24-14+. The van der Waals surface area contributed by atoms with Crippen LogP contribution in [-0.4, -0.2) is 23.4 Å². The van der Waals surface area contributed by atoms with Crippen molar-refractivity contribution >= 4 is 46.5 Å². The number of nitrogens with one attached hydrogen (secondary N) is 2. The maximum Gasteiger partial charge on any atom is 0.191 e. The van der Waals surface area contributed by atoms with Crippen LogP contribution in [0.15, 0.2) is 47.6 Å². The van der Waals surface area contributed by atoms with Gasteiger partial charge in [-0.25, -0.2) is 0 Å². The molecule has 0 aromatic heterocycles. The highest BCUT2D eigenvalue weighted by atomic mass is 35.5. The zero-order valence-corrected chi connectivity index (χ0v) is 18.4. The normalized spacial score (nSPS) is 18.0. The summed E-state index contributed by atoms with van der Waals surface area (Å²) >= 11 is 11.9. The summed E-state index contributed by atoms with van der Waals surface area (Å²) in [6.45, 7) is 10.0. The van der Waals surface area contributed by atoms with Crippen LogP contribution in [0.4, 0.5) is 11.4 Å². The number of rotatable bonds is 4. The maximum absolute atomic E-state index is 6.58. The van der Waals surface area contributed by atoms with Gasteiger partial charge < -0.3 is 10.2 Å². The molecule has 0 spiro atoms. The van der Waals surface area contributed by atoms with Crippen molar-refractivity contribution in [3.63, 3.8) is 0 Å². The molecule has 2 aromatic carbocycles. The molecule has 4 nitrogen and oxygen atoms in total. The Balaban J connectivity index is 1.76. The van der Waals surface area contributed by atoms with Gasteiger partial charge in [0.25, 0.3) is 0 Å². The predicted octanol–water partition coefficient (Wildman–Crippen LogP) is 5.77. The highest BCUT2D eigenvalue weighted by Crippen LogP contribution is 2.44. The van der Waals surface area contributed by atoms with E-state index in [-0.39, 0.29) is 5.54 Å². The van der Waals surface area contributed by atoms with Gasteiger partial charge >= 0.3 is 0 Å². The van der Waals surface area contributed by atoms with E-state index in [0.717, 1.165) is 24.2 Å². The Morgan fingerprint density at radius 1 is 1.32 bits per heavy atom. The second kappa shape index (κ2) is 8.50. The van der Waals surface area contributed by atoms with E-state index in [9.17, 15) is 0 Å². The van der Waals surface area contributed by atoms with Crippen molar-refractivity contribution in [1.82, 2.24) is 5.43 Å². The lowest BCUT2D eigenvalue weighted by Gasteiger charge is -2.47. The third kappa shape index (κ3) is 4.47. The van der Waals surface area contributed by atoms with Crippen LogP contribution in [0.3, 0.4) is 0 Å². The first-order valence-corrected chi connectivity index (χ1v) is 10.4. The second-order valence-corrected chi connectivity index (χ2v) is 8.60. The molecule has 148 valence electrons. The molecule has 1 aliphatic heterocycles. The zero-order chi connectivity index (χ0) is 20.3. The highest BCUT2D eigenvalue weighted by Gasteiger charge is 2.35. The van der Waals surface area contributed by atoms with Crippen molar-refractivity contribution in [1.29, 1.82) is 0 Å². The minimum atomic E-state index is 0.122. The van der Waals surface area contributed by atoms with Gasteiger partial charge in [-0.15, -0.1) is 0 Å². The summed E-state index contributed by atoms with van der Waals surface area (Å²) in [5.41, 5.74) is 7.32. The van der Waals surface area contributed by atoms with Gasteiger partial charge in [0.15, 0.2) is 5.11 Å². The van der Waals surface area contributed by atoms with Crippen LogP contribution in [0.5, 0.6) is 0 Å². The van der Waals surface area contributed by atoms with Crippen LogP contribution in [0.1, 0.15) is 51.2 Å². The number of anilines is 2. The van der Waals surface area contributed by atoms with E-state index >= 15 is 0 Å². The topological polar surface area (TPSA) is 39.7 Å². The van der Waals surface area contributed by atoms with Gasteiger partial charge in [-0.1, -0.05) is 36.7 Å². The Bertz CT molecular complexity index is 880. The lowest BCUT2D eigenvalue weighted by molar-refractivity contribution is 0.381. The van der Waals surface area contributed by atoms with E-state index in [1.165, 1.54) is 11.3 Å². The number of halogens is 1. The fourth-order valence-electron chi connectivity index (χ4n) is 4.06. The van der Waals surface area contributed by atoms with E-state index in [0.29, 0.717) is 16.1 Å². The van der Waals surface area contributed by atoms with Crippen LogP contribution < -0.4 is 15.6 Å². The van der Waals surface area contributed by atoms with Gasteiger partial charge in [0, 0.05) is 29.0 Å². The van der Waals surface area contributed by atoms with Gasteiger partial charge in [-0.2, -0.15) is 5.10 Å². The Hall–Kier alpha value is -2.11. The minimum Gasteiger partial charge on any atom is -0.366 e. The molecular weight excluding hydrogens is 388 g/mol. The van der Waals surface area contributed by atoms with Crippen molar-refractivity contribution in [3.8, 4) is 0 Å². The summed E-state index contributed by atoms with van der Waals surface area (Å²) in [7, 11) is 0. The van der Waals surface area contributed by atoms with Crippen LogP contribution in [0.25, 0.3) is 0 Å². The second-order valence-electron chi connectivity index (χ2n) is 7.78. The first-order chi connectivity index (χ1) is 13.3. The highest BCUT2D eigenvalue weighted by molar-refractivity contribution is 7.80. The molecule has 2 aromatic rings. The maximum atomic E-state index is 6.58. The third-order valence-electron chi connectivity index (χ3n) is 5.22. The molecule has 0 saturated carbocycles. The van der Waals surface area contributed by atoms with Crippen molar-refractivity contribution in [3.05, 3.63) is 58.6 Å². The van der Waals surface area contributed by atoms with Gasteiger partial charge in [0.2, 0.25) is 0 Å². The summed E-state index contributed by atoms with van der Waals surface area (Å²) < 4.78 is 0. The number of hydrogen-bond donors (Lipinski definition) is 2. The van der Waals surface area contributed by atoms with Gasteiger partial charge in [-0.05, 0) is 75.2 Å². The fourth-order valence-corrected chi connectivity index (χ4v) is 4.44. The number of benzene rings is 2. The van der Waals surface area contributed by atoms with Gasteiger partial charge in [0.1, 0.15) is 0 Å². The molecule has 0 bridgehead atoms. The molecule has 1 aliphatic rings. The van der Waals surface area contributed by atoms with Crippen LogP contribution in [-0.2, 0) is 0 Å². The first-order valence-electron chi connectivity index (χ1n) is 9.58. The minimum absolute atomic E-state index is 0.122. The van der Waals surface area contributed by atoms with Gasteiger partial charge in [-0.3, -0.25) is 5.43 Å². The summed E-state index contributed by atoms with van der Waals surface area (Å²) in [6.07, 6.45) is 2.83. The molecule has 1 heterocycles. The average molecular weight is 415 g/mol. The van der Waals surface area contributed by atoms with E-state index in [4.69, 9.17) is 23.8 Å².